The molecule has 0 aromatic heterocycles. The number of rotatable bonds is 4. The molecule has 142 valence electrons. The molecule has 4 rings (SSSR count). The first-order valence-corrected chi connectivity index (χ1v) is 9.47. The average Bonchev–Trinajstić information content (AvgIpc) is 2.76. The van der Waals surface area contributed by atoms with Gasteiger partial charge in [-0.15, -0.1) is 0 Å². The lowest BCUT2D eigenvalue weighted by Crippen LogP contribution is -2.46. The Morgan fingerprint density at radius 1 is 0.679 bits per heavy atom. The summed E-state index contributed by atoms with van der Waals surface area (Å²) in [4.78, 5) is 16.8. The zero-order chi connectivity index (χ0) is 19.2. The second kappa shape index (κ2) is 8.48. The van der Waals surface area contributed by atoms with Crippen molar-refractivity contribution < 1.29 is 9.53 Å². The monoisotopic (exact) mass is 373 g/mol. The third kappa shape index (κ3) is 4.43. The van der Waals surface area contributed by atoms with E-state index in [1.165, 1.54) is 5.69 Å². The molecule has 3 aromatic rings. The Morgan fingerprint density at radius 2 is 1.18 bits per heavy atom. The Hall–Kier alpha value is -3.47. The van der Waals surface area contributed by atoms with Crippen LogP contribution in [0.25, 0.3) is 0 Å². The number of para-hydroxylation sites is 2. The molecule has 3 aromatic carbocycles. The van der Waals surface area contributed by atoms with Crippen molar-refractivity contribution in [2.24, 2.45) is 0 Å². The minimum atomic E-state index is -0.490. The summed E-state index contributed by atoms with van der Waals surface area (Å²) in [5, 5.41) is 2.76. The van der Waals surface area contributed by atoms with E-state index in [2.05, 4.69) is 39.4 Å². The van der Waals surface area contributed by atoms with Gasteiger partial charge < -0.3 is 14.5 Å². The van der Waals surface area contributed by atoms with Gasteiger partial charge in [0, 0.05) is 43.2 Å². The molecule has 0 spiro atoms. The number of ether oxygens (including phenoxy) is 1. The van der Waals surface area contributed by atoms with Gasteiger partial charge in [-0.25, -0.2) is 4.79 Å². The lowest BCUT2D eigenvalue weighted by Gasteiger charge is -2.37. The van der Waals surface area contributed by atoms with Crippen molar-refractivity contribution in [1.82, 2.24) is 0 Å². The van der Waals surface area contributed by atoms with Crippen molar-refractivity contribution in [3.63, 3.8) is 0 Å². The zero-order valence-corrected chi connectivity index (χ0v) is 15.6. The van der Waals surface area contributed by atoms with Gasteiger partial charge in [-0.3, -0.25) is 5.32 Å². The number of hydrogen-bond donors (Lipinski definition) is 1. The zero-order valence-electron chi connectivity index (χ0n) is 15.6. The molecule has 0 bridgehead atoms. The molecule has 1 fully saturated rings. The van der Waals surface area contributed by atoms with Gasteiger partial charge >= 0.3 is 6.09 Å². The summed E-state index contributed by atoms with van der Waals surface area (Å²) in [6.45, 7) is 3.93. The predicted molar refractivity (Wildman–Crippen MR) is 113 cm³/mol. The van der Waals surface area contributed by atoms with E-state index in [1.54, 1.807) is 12.1 Å². The van der Waals surface area contributed by atoms with E-state index in [1.807, 2.05) is 48.5 Å². The Balaban J connectivity index is 1.31. The Morgan fingerprint density at radius 3 is 1.75 bits per heavy atom. The van der Waals surface area contributed by atoms with Crippen LogP contribution < -0.4 is 19.9 Å². The van der Waals surface area contributed by atoms with Crippen LogP contribution in [-0.2, 0) is 0 Å². The number of benzene rings is 3. The predicted octanol–water partition coefficient (Wildman–Crippen LogP) is 4.62. The number of carbonyl (C=O) groups excluding carboxylic acids is 1. The largest absolute Gasteiger partial charge is 0.417 e. The molecule has 28 heavy (non-hydrogen) atoms. The normalized spacial score (nSPS) is 13.9. The van der Waals surface area contributed by atoms with E-state index in [4.69, 9.17) is 4.74 Å². The fourth-order valence-corrected chi connectivity index (χ4v) is 3.36. The number of piperazine rings is 1. The lowest BCUT2D eigenvalue weighted by molar-refractivity contribution is 0.215. The molecule has 1 N–H and O–H groups in total. The number of nitrogens with one attached hydrogen (secondary N) is 1. The van der Waals surface area contributed by atoms with Crippen LogP contribution in [0, 0.1) is 0 Å². The third-order valence-electron chi connectivity index (χ3n) is 4.83. The van der Waals surface area contributed by atoms with Gasteiger partial charge in [0.2, 0.25) is 0 Å². The summed E-state index contributed by atoms with van der Waals surface area (Å²) in [5.41, 5.74) is 3.15. The SMILES string of the molecule is O=C(Nc1ccc(N2CCN(c3ccccc3)CC2)cc1)Oc1ccccc1. The van der Waals surface area contributed by atoms with E-state index >= 15 is 0 Å². The summed E-state index contributed by atoms with van der Waals surface area (Å²) in [7, 11) is 0. The van der Waals surface area contributed by atoms with Crippen LogP contribution in [0.1, 0.15) is 0 Å². The highest BCUT2D eigenvalue weighted by Gasteiger charge is 2.17. The summed E-state index contributed by atoms with van der Waals surface area (Å²) in [5.74, 6) is 0.521. The molecule has 0 saturated carbocycles. The third-order valence-corrected chi connectivity index (χ3v) is 4.83. The summed E-state index contributed by atoms with van der Waals surface area (Å²) >= 11 is 0. The summed E-state index contributed by atoms with van der Waals surface area (Å²) in [6, 6.07) is 27.4. The first kappa shape index (κ1) is 17.9. The Bertz CT molecular complexity index is 890. The van der Waals surface area contributed by atoms with Crippen LogP contribution in [0.2, 0.25) is 0 Å². The van der Waals surface area contributed by atoms with Crippen molar-refractivity contribution >= 4 is 23.2 Å². The maximum atomic E-state index is 12.0. The number of amides is 1. The van der Waals surface area contributed by atoms with Gasteiger partial charge in [0.05, 0.1) is 0 Å². The number of hydrogen-bond acceptors (Lipinski definition) is 4. The molecule has 0 unspecified atom stereocenters. The summed E-state index contributed by atoms with van der Waals surface area (Å²) in [6.07, 6.45) is -0.490. The van der Waals surface area contributed by atoms with Crippen molar-refractivity contribution in [2.75, 3.05) is 41.3 Å². The standard InChI is InChI=1S/C23H23N3O2/c27-23(28-22-9-5-2-6-10-22)24-19-11-13-21(14-12-19)26-17-15-25(16-18-26)20-7-3-1-4-8-20/h1-14H,15-18H2,(H,24,27). The topological polar surface area (TPSA) is 44.8 Å². The lowest BCUT2D eigenvalue weighted by atomic mass is 10.2. The van der Waals surface area contributed by atoms with Crippen molar-refractivity contribution in [2.45, 2.75) is 0 Å². The fourth-order valence-electron chi connectivity index (χ4n) is 3.36. The maximum Gasteiger partial charge on any atom is 0.417 e. The van der Waals surface area contributed by atoms with Crippen molar-refractivity contribution in [1.29, 1.82) is 0 Å². The second-order valence-electron chi connectivity index (χ2n) is 6.68. The molecule has 1 saturated heterocycles. The highest BCUT2D eigenvalue weighted by atomic mass is 16.6. The van der Waals surface area contributed by atoms with E-state index < -0.39 is 6.09 Å². The minimum Gasteiger partial charge on any atom is -0.410 e. The van der Waals surface area contributed by atoms with Crippen LogP contribution in [0.4, 0.5) is 21.9 Å². The molecule has 0 radical (unpaired) electrons. The van der Waals surface area contributed by atoms with Gasteiger partial charge in [0.25, 0.3) is 0 Å². The van der Waals surface area contributed by atoms with E-state index in [-0.39, 0.29) is 0 Å². The van der Waals surface area contributed by atoms with Gasteiger partial charge in [-0.1, -0.05) is 36.4 Å². The van der Waals surface area contributed by atoms with Gasteiger partial charge in [-0.05, 0) is 48.5 Å². The first-order valence-electron chi connectivity index (χ1n) is 9.47. The van der Waals surface area contributed by atoms with Gasteiger partial charge in [-0.2, -0.15) is 0 Å². The van der Waals surface area contributed by atoms with Crippen molar-refractivity contribution in [3.05, 3.63) is 84.9 Å². The fraction of sp³-hybridized carbons (Fsp3) is 0.174. The molecule has 0 aliphatic carbocycles. The number of anilines is 3. The highest BCUT2D eigenvalue weighted by molar-refractivity contribution is 5.86. The Labute approximate surface area is 165 Å². The van der Waals surface area contributed by atoms with Crippen LogP contribution in [0.15, 0.2) is 84.9 Å². The van der Waals surface area contributed by atoms with E-state index in [0.717, 1.165) is 31.9 Å². The molecule has 1 heterocycles. The van der Waals surface area contributed by atoms with E-state index in [9.17, 15) is 4.79 Å². The van der Waals surface area contributed by atoms with E-state index in [0.29, 0.717) is 11.4 Å². The molecule has 5 heteroatoms. The average molecular weight is 373 g/mol. The molecule has 0 atom stereocenters. The molecule has 1 aliphatic heterocycles. The van der Waals surface area contributed by atoms with Crippen LogP contribution in [0.3, 0.4) is 0 Å². The molecule has 1 aliphatic rings. The van der Waals surface area contributed by atoms with Gasteiger partial charge in [0.15, 0.2) is 0 Å². The second-order valence-corrected chi connectivity index (χ2v) is 6.68. The number of nitrogens with zero attached hydrogens (tertiary/aromatic N) is 2. The smallest absolute Gasteiger partial charge is 0.410 e. The first-order chi connectivity index (χ1) is 13.8. The van der Waals surface area contributed by atoms with Crippen LogP contribution in [0.5, 0.6) is 5.75 Å². The summed E-state index contributed by atoms with van der Waals surface area (Å²) < 4.78 is 5.25. The maximum absolute atomic E-state index is 12.0. The van der Waals surface area contributed by atoms with Crippen LogP contribution >= 0.6 is 0 Å². The Kier molecular flexibility index (Phi) is 5.43. The molecule has 5 nitrogen and oxygen atoms in total. The number of carbonyl (C=O) groups is 1. The van der Waals surface area contributed by atoms with Crippen LogP contribution in [-0.4, -0.2) is 32.3 Å². The van der Waals surface area contributed by atoms with Crippen molar-refractivity contribution in [3.8, 4) is 5.75 Å². The molecule has 1 amide bonds. The minimum absolute atomic E-state index is 0.490. The molecular formula is C23H23N3O2. The quantitative estimate of drug-likeness (QED) is 0.725. The van der Waals surface area contributed by atoms with Gasteiger partial charge in [0.1, 0.15) is 5.75 Å². The highest BCUT2D eigenvalue weighted by Crippen LogP contribution is 2.22. The molecular weight excluding hydrogens is 350 g/mol.